The fourth-order valence-corrected chi connectivity index (χ4v) is 4.30. The Kier molecular flexibility index (Phi) is 4.01. The van der Waals surface area contributed by atoms with E-state index >= 15 is 0 Å². The number of sulfonamides is 1. The summed E-state index contributed by atoms with van der Waals surface area (Å²) in [4.78, 5) is 0.340. The zero-order valence-electron chi connectivity index (χ0n) is 11.9. The van der Waals surface area contributed by atoms with Crippen molar-refractivity contribution in [1.29, 1.82) is 0 Å². The Morgan fingerprint density at radius 3 is 2.67 bits per heavy atom. The van der Waals surface area contributed by atoms with E-state index < -0.39 is 10.0 Å². The van der Waals surface area contributed by atoms with Gasteiger partial charge in [0.25, 0.3) is 0 Å². The van der Waals surface area contributed by atoms with Crippen molar-refractivity contribution in [1.82, 2.24) is 4.31 Å². The molecule has 0 unspecified atom stereocenters. The van der Waals surface area contributed by atoms with Crippen molar-refractivity contribution in [2.45, 2.75) is 12.8 Å². The average Bonchev–Trinajstić information content (AvgIpc) is 2.54. The van der Waals surface area contributed by atoms with Crippen LogP contribution in [0.3, 0.4) is 0 Å². The Hall–Kier alpha value is -1.37. The highest BCUT2D eigenvalue weighted by molar-refractivity contribution is 7.93. The number of nitrogens with two attached hydrogens (primary N) is 1. The summed E-state index contributed by atoms with van der Waals surface area (Å²) in [6.07, 6.45) is 3.39. The molecule has 0 spiro atoms. The van der Waals surface area contributed by atoms with Crippen molar-refractivity contribution in [3.05, 3.63) is 34.7 Å². The minimum Gasteiger partial charge on any atom is -0.487 e. The predicted octanol–water partition coefficient (Wildman–Crippen LogP) is 1.42. The summed E-state index contributed by atoms with van der Waals surface area (Å²) in [5.74, 6) is 1.17. The van der Waals surface area contributed by atoms with Gasteiger partial charge in [-0.15, -0.1) is 0 Å². The molecule has 0 bridgehead atoms. The summed E-state index contributed by atoms with van der Waals surface area (Å²) in [6, 6.07) is 7.47. The van der Waals surface area contributed by atoms with E-state index in [0.717, 1.165) is 24.2 Å². The molecule has 1 fully saturated rings. The third kappa shape index (κ3) is 2.84. The Morgan fingerprint density at radius 1 is 1.24 bits per heavy atom. The highest BCUT2D eigenvalue weighted by Crippen LogP contribution is 2.30. The molecule has 6 heteroatoms. The fraction of sp³-hybridized carbons (Fsp3) is 0.467. The fourth-order valence-electron chi connectivity index (χ4n) is 2.80. The quantitative estimate of drug-likeness (QED) is 0.916. The number of piperidine rings is 1. The van der Waals surface area contributed by atoms with Gasteiger partial charge >= 0.3 is 0 Å². The number of nitrogens with zero attached hydrogens (tertiary/aromatic N) is 1. The van der Waals surface area contributed by atoms with Crippen LogP contribution in [0, 0.1) is 5.92 Å². The van der Waals surface area contributed by atoms with Crippen LogP contribution in [0.4, 0.5) is 0 Å². The maximum Gasteiger partial charge on any atom is 0.242 e. The molecule has 0 atom stereocenters. The van der Waals surface area contributed by atoms with Crippen molar-refractivity contribution in [2.24, 2.45) is 11.7 Å². The molecule has 21 heavy (non-hydrogen) atoms. The molecule has 0 amide bonds. The minimum atomic E-state index is -3.43. The van der Waals surface area contributed by atoms with Crippen LogP contribution in [0.15, 0.2) is 29.2 Å². The summed E-state index contributed by atoms with van der Waals surface area (Å²) < 4.78 is 32.5. The number of hydrogen-bond donors (Lipinski definition) is 1. The van der Waals surface area contributed by atoms with Crippen molar-refractivity contribution in [2.75, 3.05) is 26.2 Å². The second-order valence-electron chi connectivity index (χ2n) is 5.52. The highest BCUT2D eigenvalue weighted by Gasteiger charge is 2.32. The van der Waals surface area contributed by atoms with Crippen molar-refractivity contribution in [3.63, 3.8) is 0 Å². The molecule has 0 aromatic heterocycles. The van der Waals surface area contributed by atoms with Crippen LogP contribution < -0.4 is 10.5 Å². The third-order valence-corrected chi connectivity index (χ3v) is 6.13. The average molecular weight is 308 g/mol. The Balaban J connectivity index is 1.82. The van der Waals surface area contributed by atoms with Crippen LogP contribution in [0.1, 0.15) is 18.4 Å². The van der Waals surface area contributed by atoms with E-state index in [9.17, 15) is 8.42 Å². The SMILES string of the molecule is NCC1CCN(S(=O)(=O)C2=Cc3ccccc3OC2)CC1. The van der Waals surface area contributed by atoms with Gasteiger partial charge in [-0.1, -0.05) is 18.2 Å². The Morgan fingerprint density at radius 2 is 1.95 bits per heavy atom. The zero-order valence-corrected chi connectivity index (χ0v) is 12.7. The van der Waals surface area contributed by atoms with E-state index in [1.54, 1.807) is 10.4 Å². The first-order chi connectivity index (χ1) is 10.1. The van der Waals surface area contributed by atoms with E-state index in [0.29, 0.717) is 30.5 Å². The van der Waals surface area contributed by atoms with Gasteiger partial charge in [0.05, 0.1) is 4.91 Å². The zero-order chi connectivity index (χ0) is 14.9. The topological polar surface area (TPSA) is 72.6 Å². The standard InChI is InChI=1S/C15H20N2O3S/c16-10-12-5-7-17(8-6-12)21(18,19)14-9-13-3-1-2-4-15(13)20-11-14/h1-4,9,12H,5-8,10-11,16H2. The van der Waals surface area contributed by atoms with E-state index in [-0.39, 0.29) is 6.61 Å². The molecule has 114 valence electrons. The molecule has 2 N–H and O–H groups in total. The second-order valence-corrected chi connectivity index (χ2v) is 7.51. The van der Waals surface area contributed by atoms with Crippen LogP contribution in [0.2, 0.25) is 0 Å². The normalized spacial score (nSPS) is 20.5. The number of ether oxygens (including phenoxy) is 1. The molecule has 1 saturated heterocycles. The van der Waals surface area contributed by atoms with E-state index in [1.165, 1.54) is 0 Å². The van der Waals surface area contributed by atoms with Gasteiger partial charge in [-0.2, -0.15) is 4.31 Å². The molecule has 5 nitrogen and oxygen atoms in total. The molecule has 2 aliphatic rings. The van der Waals surface area contributed by atoms with Crippen LogP contribution in [0.5, 0.6) is 5.75 Å². The second kappa shape index (κ2) is 5.79. The summed E-state index contributed by atoms with van der Waals surface area (Å²) >= 11 is 0. The minimum absolute atomic E-state index is 0.107. The first-order valence-corrected chi connectivity index (χ1v) is 8.68. The highest BCUT2D eigenvalue weighted by atomic mass is 32.2. The van der Waals surface area contributed by atoms with Crippen LogP contribution in [-0.2, 0) is 10.0 Å². The van der Waals surface area contributed by atoms with E-state index in [1.807, 2.05) is 24.3 Å². The summed E-state index contributed by atoms with van der Waals surface area (Å²) in [5.41, 5.74) is 6.47. The monoisotopic (exact) mass is 308 g/mol. The molecular formula is C15H20N2O3S. The first kappa shape index (κ1) is 14.6. The Bertz CT molecular complexity index is 647. The van der Waals surface area contributed by atoms with Crippen LogP contribution >= 0.6 is 0 Å². The molecular weight excluding hydrogens is 288 g/mol. The smallest absolute Gasteiger partial charge is 0.242 e. The van der Waals surface area contributed by atoms with Gasteiger partial charge in [0.1, 0.15) is 12.4 Å². The molecule has 2 heterocycles. The van der Waals surface area contributed by atoms with E-state index in [2.05, 4.69) is 0 Å². The van der Waals surface area contributed by atoms with Gasteiger partial charge in [0.15, 0.2) is 0 Å². The first-order valence-electron chi connectivity index (χ1n) is 7.24. The van der Waals surface area contributed by atoms with E-state index in [4.69, 9.17) is 10.5 Å². The molecule has 1 aromatic rings. The number of rotatable bonds is 3. The van der Waals surface area contributed by atoms with Gasteiger partial charge in [0, 0.05) is 18.7 Å². The number of hydrogen-bond acceptors (Lipinski definition) is 4. The molecule has 0 saturated carbocycles. The van der Waals surface area contributed by atoms with Gasteiger partial charge in [-0.25, -0.2) is 8.42 Å². The van der Waals surface area contributed by atoms with Gasteiger partial charge < -0.3 is 10.5 Å². The predicted molar refractivity (Wildman–Crippen MR) is 82.2 cm³/mol. The third-order valence-electron chi connectivity index (χ3n) is 4.18. The van der Waals surface area contributed by atoms with Crippen LogP contribution in [-0.4, -0.2) is 39.0 Å². The van der Waals surface area contributed by atoms with Gasteiger partial charge in [-0.3, -0.25) is 0 Å². The number of benzene rings is 1. The van der Waals surface area contributed by atoms with Crippen molar-refractivity contribution >= 4 is 16.1 Å². The molecule has 1 aromatic carbocycles. The lowest BCUT2D eigenvalue weighted by atomic mass is 9.99. The molecule has 0 aliphatic carbocycles. The largest absolute Gasteiger partial charge is 0.487 e. The number of para-hydroxylation sites is 1. The lowest BCUT2D eigenvalue weighted by Gasteiger charge is -2.31. The van der Waals surface area contributed by atoms with Crippen LogP contribution in [0.25, 0.3) is 6.08 Å². The summed E-state index contributed by atoms with van der Waals surface area (Å²) in [6.45, 7) is 1.83. The molecule has 3 rings (SSSR count). The maximum absolute atomic E-state index is 12.7. The number of fused-ring (bicyclic) bond motifs is 1. The van der Waals surface area contributed by atoms with Crippen molar-refractivity contribution < 1.29 is 13.2 Å². The lowest BCUT2D eigenvalue weighted by molar-refractivity contribution is 0.277. The van der Waals surface area contributed by atoms with Gasteiger partial charge in [0.2, 0.25) is 10.0 Å². The molecule has 0 radical (unpaired) electrons. The van der Waals surface area contributed by atoms with Crippen molar-refractivity contribution in [3.8, 4) is 5.75 Å². The summed E-state index contributed by atoms with van der Waals surface area (Å²) in [5, 5.41) is 0. The molecule has 2 aliphatic heterocycles. The Labute approximate surface area is 125 Å². The summed E-state index contributed by atoms with van der Waals surface area (Å²) in [7, 11) is -3.43. The van der Waals surface area contributed by atoms with Gasteiger partial charge in [-0.05, 0) is 37.4 Å². The maximum atomic E-state index is 12.7. The lowest BCUT2D eigenvalue weighted by Crippen LogP contribution is -2.41.